The van der Waals surface area contributed by atoms with E-state index < -0.39 is 0 Å². The lowest BCUT2D eigenvalue weighted by Gasteiger charge is -2.52. The van der Waals surface area contributed by atoms with Crippen LogP contribution in [0.2, 0.25) is 0 Å². The van der Waals surface area contributed by atoms with Gasteiger partial charge in [0, 0.05) is 26.2 Å². The zero-order chi connectivity index (χ0) is 10.9. The summed E-state index contributed by atoms with van der Waals surface area (Å²) in [5, 5.41) is 6.99. The number of nitrogens with zero attached hydrogens (tertiary/aromatic N) is 2. The Balaban J connectivity index is 0.000000810. The normalized spacial score (nSPS) is 29.3. The molecule has 0 saturated carbocycles. The molecule has 0 aromatic rings. The topological polar surface area (TPSA) is 24.1 Å². The van der Waals surface area contributed by atoms with Crippen molar-refractivity contribution >= 4 is 0 Å². The molecule has 0 radical (unpaired) electrons. The number of quaternary nitrogens is 2. The lowest BCUT2D eigenvalue weighted by atomic mass is 10.1. The van der Waals surface area contributed by atoms with Gasteiger partial charge < -0.3 is 53.6 Å². The van der Waals surface area contributed by atoms with Gasteiger partial charge in [0.05, 0.1) is 26.2 Å². The molecule has 2 spiro atoms. The Labute approximate surface area is 132 Å². The van der Waals surface area contributed by atoms with E-state index in [9.17, 15) is 0 Å². The molecule has 0 aliphatic carbocycles. The van der Waals surface area contributed by atoms with Gasteiger partial charge in [0.15, 0.2) is 0 Å². The Morgan fingerprint density at radius 3 is 1.00 bits per heavy atom. The molecule has 0 aromatic carbocycles. The molecule has 3 saturated heterocycles. The van der Waals surface area contributed by atoms with Crippen molar-refractivity contribution in [1.82, 2.24) is 10.6 Å². The Kier molecular flexibility index (Phi) is 6.55. The van der Waals surface area contributed by atoms with E-state index in [2.05, 4.69) is 10.6 Å². The summed E-state index contributed by atoms with van der Waals surface area (Å²) in [5.41, 5.74) is 0. The van der Waals surface area contributed by atoms with Crippen LogP contribution < -0.4 is 44.6 Å². The van der Waals surface area contributed by atoms with Crippen LogP contribution in [-0.4, -0.2) is 87.5 Å². The van der Waals surface area contributed by atoms with Crippen molar-refractivity contribution in [3.63, 3.8) is 0 Å². The number of piperazine rings is 3. The minimum absolute atomic E-state index is 0. The van der Waals surface area contributed by atoms with E-state index in [1.54, 1.807) is 0 Å². The summed E-state index contributed by atoms with van der Waals surface area (Å²) >= 11 is 0. The monoisotopic (exact) mass is 384 g/mol. The highest BCUT2D eigenvalue weighted by atomic mass is 79.9. The standard InChI is InChI=1S/C12H26N4.2BrH/c1-5-15(6-2-13-1)9-11-16(12-10-15)7-3-14-4-8-16;;/h13-14H,1-12H2;2*1H/q+2;;/p-2. The van der Waals surface area contributed by atoms with Gasteiger partial charge in [-0.2, -0.15) is 0 Å². The molecule has 0 aromatic heterocycles. The lowest BCUT2D eigenvalue weighted by Crippen LogP contribution is -3.00. The summed E-state index contributed by atoms with van der Waals surface area (Å²) in [7, 11) is 0. The smallest absolute Gasteiger partial charge is 0.129 e. The highest BCUT2D eigenvalue weighted by Crippen LogP contribution is 2.20. The first-order valence-electron chi connectivity index (χ1n) is 6.94. The minimum atomic E-state index is 0. The summed E-state index contributed by atoms with van der Waals surface area (Å²) in [5.74, 6) is 0. The SMILES string of the molecule is C1C[N+]2(CCN1)CC[N+]1(CCNCC1)CC2.[Br-].[Br-]. The molecule has 108 valence electrons. The average Bonchev–Trinajstić information content (AvgIpc) is 2.36. The van der Waals surface area contributed by atoms with E-state index in [1.807, 2.05) is 0 Å². The van der Waals surface area contributed by atoms with Crippen LogP contribution in [0.15, 0.2) is 0 Å². The maximum atomic E-state index is 3.50. The molecule has 0 unspecified atom stereocenters. The van der Waals surface area contributed by atoms with Gasteiger partial charge in [-0.25, -0.2) is 0 Å². The predicted octanol–water partition coefficient (Wildman–Crippen LogP) is -7.15. The Bertz CT molecular complexity index is 212. The van der Waals surface area contributed by atoms with E-state index in [-0.39, 0.29) is 34.0 Å². The van der Waals surface area contributed by atoms with E-state index in [0.717, 1.165) is 0 Å². The fourth-order valence-corrected chi connectivity index (χ4v) is 3.71. The third kappa shape index (κ3) is 3.46. The second kappa shape index (κ2) is 6.99. The highest BCUT2D eigenvalue weighted by molar-refractivity contribution is 4.65. The van der Waals surface area contributed by atoms with Crippen molar-refractivity contribution in [3.8, 4) is 0 Å². The molecule has 4 nitrogen and oxygen atoms in total. The molecule has 18 heavy (non-hydrogen) atoms. The van der Waals surface area contributed by atoms with Crippen LogP contribution in [0, 0.1) is 0 Å². The van der Waals surface area contributed by atoms with Crippen LogP contribution >= 0.6 is 0 Å². The molecule has 6 heteroatoms. The van der Waals surface area contributed by atoms with Gasteiger partial charge in [0.1, 0.15) is 26.2 Å². The summed E-state index contributed by atoms with van der Waals surface area (Å²) in [6.45, 7) is 16.2. The number of hydrogen-bond donors (Lipinski definition) is 2. The molecular weight excluding hydrogens is 360 g/mol. The zero-order valence-electron chi connectivity index (χ0n) is 11.1. The first-order valence-corrected chi connectivity index (χ1v) is 6.94. The van der Waals surface area contributed by atoms with Crippen molar-refractivity contribution < 1.29 is 42.9 Å². The summed E-state index contributed by atoms with van der Waals surface area (Å²) in [4.78, 5) is 0. The molecule has 3 fully saturated rings. The predicted molar refractivity (Wildman–Crippen MR) is 65.2 cm³/mol. The van der Waals surface area contributed by atoms with Crippen LogP contribution in [0.3, 0.4) is 0 Å². The third-order valence-corrected chi connectivity index (χ3v) is 5.15. The highest BCUT2D eigenvalue weighted by Gasteiger charge is 2.42. The zero-order valence-corrected chi connectivity index (χ0v) is 14.3. The van der Waals surface area contributed by atoms with Crippen LogP contribution in [0.4, 0.5) is 0 Å². The average molecular weight is 386 g/mol. The van der Waals surface area contributed by atoms with Crippen molar-refractivity contribution in [3.05, 3.63) is 0 Å². The van der Waals surface area contributed by atoms with Gasteiger partial charge in [-0.05, 0) is 0 Å². The summed E-state index contributed by atoms with van der Waals surface area (Å²) in [6.07, 6.45) is 0. The Morgan fingerprint density at radius 2 is 0.722 bits per heavy atom. The summed E-state index contributed by atoms with van der Waals surface area (Å²) < 4.78 is 2.83. The molecule has 3 heterocycles. The minimum Gasteiger partial charge on any atom is -1.00 e. The largest absolute Gasteiger partial charge is 1.00 e. The number of hydrogen-bond acceptors (Lipinski definition) is 2. The van der Waals surface area contributed by atoms with Crippen LogP contribution in [0.5, 0.6) is 0 Å². The number of halogens is 2. The molecule has 2 N–H and O–H groups in total. The number of rotatable bonds is 0. The van der Waals surface area contributed by atoms with Crippen LogP contribution in [0.1, 0.15) is 0 Å². The van der Waals surface area contributed by atoms with E-state index in [1.165, 1.54) is 87.5 Å². The van der Waals surface area contributed by atoms with Crippen molar-refractivity contribution in [2.75, 3.05) is 78.5 Å². The van der Waals surface area contributed by atoms with Crippen molar-refractivity contribution in [1.29, 1.82) is 0 Å². The first-order chi connectivity index (χ1) is 7.83. The molecule has 3 aliphatic rings. The van der Waals surface area contributed by atoms with Gasteiger partial charge in [-0.1, -0.05) is 0 Å². The molecule has 3 aliphatic heterocycles. The van der Waals surface area contributed by atoms with Gasteiger partial charge in [0.2, 0.25) is 0 Å². The van der Waals surface area contributed by atoms with Gasteiger partial charge in [-0.15, -0.1) is 0 Å². The fraction of sp³-hybridized carbons (Fsp3) is 1.00. The van der Waals surface area contributed by atoms with E-state index in [0.29, 0.717) is 0 Å². The third-order valence-electron chi connectivity index (χ3n) is 5.15. The van der Waals surface area contributed by atoms with Gasteiger partial charge >= 0.3 is 0 Å². The molecule has 0 atom stereocenters. The second-order valence-corrected chi connectivity index (χ2v) is 5.97. The number of nitrogens with one attached hydrogen (secondary N) is 2. The quantitative estimate of drug-likeness (QED) is 0.405. The van der Waals surface area contributed by atoms with Crippen LogP contribution in [0.25, 0.3) is 0 Å². The van der Waals surface area contributed by atoms with Crippen molar-refractivity contribution in [2.24, 2.45) is 0 Å². The lowest BCUT2D eigenvalue weighted by molar-refractivity contribution is -1.03. The van der Waals surface area contributed by atoms with Gasteiger partial charge in [0.25, 0.3) is 0 Å². The Hall–Kier alpha value is 0.800. The molecule has 0 bridgehead atoms. The molecule has 3 rings (SSSR count). The maximum Gasteiger partial charge on any atom is 0.129 e. The summed E-state index contributed by atoms with van der Waals surface area (Å²) in [6, 6.07) is 0. The molecule has 0 amide bonds. The maximum absolute atomic E-state index is 3.50. The van der Waals surface area contributed by atoms with Crippen molar-refractivity contribution in [2.45, 2.75) is 0 Å². The second-order valence-electron chi connectivity index (χ2n) is 5.97. The molecular formula is C12H26Br2N4. The van der Waals surface area contributed by atoms with E-state index in [4.69, 9.17) is 0 Å². The first kappa shape index (κ1) is 16.9. The van der Waals surface area contributed by atoms with Gasteiger partial charge in [-0.3, -0.25) is 0 Å². The van der Waals surface area contributed by atoms with Crippen LogP contribution in [-0.2, 0) is 0 Å². The fourth-order valence-electron chi connectivity index (χ4n) is 3.71. The van der Waals surface area contributed by atoms with E-state index >= 15 is 0 Å². The Morgan fingerprint density at radius 1 is 0.444 bits per heavy atom.